The molecule has 0 unspecified atom stereocenters. The minimum atomic E-state index is 0.819. The molecular weight excluding hydrogens is 246 g/mol. The fourth-order valence-electron chi connectivity index (χ4n) is 1.96. The summed E-state index contributed by atoms with van der Waals surface area (Å²) in [6, 6.07) is 0. The molecule has 5 nitrogen and oxygen atoms in total. The van der Waals surface area contributed by atoms with Crippen LogP contribution >= 0.6 is 11.3 Å². The second-order valence-corrected chi connectivity index (χ2v) is 4.96. The van der Waals surface area contributed by atoms with Gasteiger partial charge >= 0.3 is 0 Å². The molecule has 0 radical (unpaired) electrons. The smallest absolute Gasteiger partial charge is 0.195 e. The third-order valence-corrected chi connectivity index (χ3v) is 3.56. The van der Waals surface area contributed by atoms with Crippen LogP contribution in [0.25, 0.3) is 10.8 Å². The molecular formula is C12H15N5S. The van der Waals surface area contributed by atoms with E-state index < -0.39 is 0 Å². The Bertz CT molecular complexity index is 622. The molecule has 0 aliphatic rings. The molecule has 0 fully saturated rings. The van der Waals surface area contributed by atoms with Crippen molar-refractivity contribution in [2.24, 2.45) is 0 Å². The lowest BCUT2D eigenvalue weighted by atomic mass is 10.4. The molecule has 0 aromatic carbocycles. The van der Waals surface area contributed by atoms with Gasteiger partial charge in [0.15, 0.2) is 10.8 Å². The number of rotatable bonds is 5. The van der Waals surface area contributed by atoms with Gasteiger partial charge < -0.3 is 5.32 Å². The highest BCUT2D eigenvalue weighted by Gasteiger charge is 2.13. The third-order valence-electron chi connectivity index (χ3n) is 2.81. The van der Waals surface area contributed by atoms with Crippen LogP contribution in [-0.4, -0.2) is 25.5 Å². The van der Waals surface area contributed by atoms with Crippen LogP contribution in [0.15, 0.2) is 30.3 Å². The van der Waals surface area contributed by atoms with E-state index in [0.717, 1.165) is 30.3 Å². The highest BCUT2D eigenvalue weighted by molar-refractivity contribution is 7.15. The normalized spacial score (nSPS) is 11.4. The molecule has 0 amide bonds. The lowest BCUT2D eigenvalue weighted by molar-refractivity contribution is 0.658. The topological polar surface area (TPSA) is 47.2 Å². The minimum Gasteiger partial charge on any atom is -0.311 e. The Kier molecular flexibility index (Phi) is 3.12. The Morgan fingerprint density at radius 3 is 3.11 bits per heavy atom. The Labute approximate surface area is 109 Å². The van der Waals surface area contributed by atoms with E-state index in [2.05, 4.69) is 38.2 Å². The molecule has 0 aliphatic carbocycles. The minimum absolute atomic E-state index is 0.819. The zero-order chi connectivity index (χ0) is 12.4. The van der Waals surface area contributed by atoms with E-state index >= 15 is 0 Å². The Balaban J connectivity index is 2.01. The van der Waals surface area contributed by atoms with Crippen LogP contribution in [0.5, 0.6) is 0 Å². The van der Waals surface area contributed by atoms with Crippen molar-refractivity contribution >= 4 is 16.3 Å². The van der Waals surface area contributed by atoms with Crippen LogP contribution in [0.1, 0.15) is 19.0 Å². The first-order chi connectivity index (χ1) is 8.90. The summed E-state index contributed by atoms with van der Waals surface area (Å²) in [5, 5.41) is 5.49. The lowest BCUT2D eigenvalue weighted by Crippen LogP contribution is -2.16. The highest BCUT2D eigenvalue weighted by Crippen LogP contribution is 2.20. The molecule has 3 aromatic rings. The van der Waals surface area contributed by atoms with Gasteiger partial charge in [-0.15, -0.1) is 11.3 Å². The summed E-state index contributed by atoms with van der Waals surface area (Å²) in [5.74, 6) is 0.961. The summed E-state index contributed by atoms with van der Waals surface area (Å²) in [5.41, 5.74) is 1.18. The van der Waals surface area contributed by atoms with Crippen molar-refractivity contribution in [3.8, 4) is 5.82 Å². The molecule has 3 heterocycles. The van der Waals surface area contributed by atoms with Gasteiger partial charge in [0.2, 0.25) is 0 Å². The standard InChI is InChI=1S/C12H15N5S/c1-2-3-13-8-10-11(16-5-4-14-9-16)15-12-17(10)6-7-18-12/h4-7,9,13H,2-3,8H2,1H3. The first-order valence-electron chi connectivity index (χ1n) is 6.03. The van der Waals surface area contributed by atoms with Crippen molar-refractivity contribution in [1.29, 1.82) is 0 Å². The molecule has 0 aliphatic heterocycles. The summed E-state index contributed by atoms with van der Waals surface area (Å²) in [6.45, 7) is 4.00. The van der Waals surface area contributed by atoms with Crippen molar-refractivity contribution in [2.45, 2.75) is 19.9 Å². The molecule has 3 rings (SSSR count). The number of imidazole rings is 2. The van der Waals surface area contributed by atoms with E-state index in [4.69, 9.17) is 0 Å². The number of hydrogen-bond donors (Lipinski definition) is 1. The zero-order valence-corrected chi connectivity index (χ0v) is 11.0. The molecule has 3 aromatic heterocycles. The maximum absolute atomic E-state index is 4.66. The average molecular weight is 261 g/mol. The Morgan fingerprint density at radius 2 is 2.33 bits per heavy atom. The van der Waals surface area contributed by atoms with Gasteiger partial charge in [-0.05, 0) is 13.0 Å². The molecule has 0 bridgehead atoms. The number of aromatic nitrogens is 4. The molecule has 0 saturated carbocycles. The Morgan fingerprint density at radius 1 is 1.39 bits per heavy atom. The van der Waals surface area contributed by atoms with E-state index in [9.17, 15) is 0 Å². The maximum Gasteiger partial charge on any atom is 0.195 e. The molecule has 0 saturated heterocycles. The van der Waals surface area contributed by atoms with Crippen LogP contribution < -0.4 is 5.32 Å². The number of fused-ring (bicyclic) bond motifs is 1. The maximum atomic E-state index is 4.66. The average Bonchev–Trinajstić information content (AvgIpc) is 3.05. The van der Waals surface area contributed by atoms with E-state index in [-0.39, 0.29) is 0 Å². The van der Waals surface area contributed by atoms with Crippen LogP contribution in [-0.2, 0) is 6.54 Å². The number of hydrogen-bond acceptors (Lipinski definition) is 4. The number of nitrogens with one attached hydrogen (secondary N) is 1. The van der Waals surface area contributed by atoms with Gasteiger partial charge in [0.25, 0.3) is 0 Å². The highest BCUT2D eigenvalue weighted by atomic mass is 32.1. The summed E-state index contributed by atoms with van der Waals surface area (Å²) >= 11 is 1.65. The summed E-state index contributed by atoms with van der Waals surface area (Å²) in [4.78, 5) is 9.77. The number of thiazole rings is 1. The predicted octanol–water partition coefficient (Wildman–Crippen LogP) is 2.08. The summed E-state index contributed by atoms with van der Waals surface area (Å²) < 4.78 is 4.10. The first kappa shape index (κ1) is 11.4. The van der Waals surface area contributed by atoms with Crippen molar-refractivity contribution in [3.63, 3.8) is 0 Å². The van der Waals surface area contributed by atoms with Gasteiger partial charge in [-0.3, -0.25) is 8.97 Å². The SMILES string of the molecule is CCCNCc1c(-n2ccnc2)nc2sccn12. The monoisotopic (exact) mass is 261 g/mol. The second kappa shape index (κ2) is 4.91. The Hall–Kier alpha value is -1.66. The second-order valence-electron chi connectivity index (χ2n) is 4.08. The van der Waals surface area contributed by atoms with Gasteiger partial charge in [0.1, 0.15) is 6.33 Å². The summed E-state index contributed by atoms with van der Waals surface area (Å²) in [7, 11) is 0. The van der Waals surface area contributed by atoms with E-state index in [1.54, 1.807) is 23.9 Å². The fourth-order valence-corrected chi connectivity index (χ4v) is 2.69. The molecule has 0 atom stereocenters. The van der Waals surface area contributed by atoms with Gasteiger partial charge in [-0.25, -0.2) is 9.97 Å². The summed E-state index contributed by atoms with van der Waals surface area (Å²) in [6.07, 6.45) is 8.69. The quantitative estimate of drug-likeness (QED) is 0.715. The van der Waals surface area contributed by atoms with Gasteiger partial charge in [-0.1, -0.05) is 6.92 Å². The van der Waals surface area contributed by atoms with E-state index in [0.29, 0.717) is 0 Å². The zero-order valence-electron chi connectivity index (χ0n) is 10.2. The molecule has 18 heavy (non-hydrogen) atoms. The molecule has 6 heteroatoms. The lowest BCUT2D eigenvalue weighted by Gasteiger charge is -2.05. The van der Waals surface area contributed by atoms with Crippen LogP contribution in [0.4, 0.5) is 0 Å². The largest absolute Gasteiger partial charge is 0.311 e. The van der Waals surface area contributed by atoms with Gasteiger partial charge in [-0.2, -0.15) is 0 Å². The molecule has 0 spiro atoms. The van der Waals surface area contributed by atoms with Gasteiger partial charge in [0.05, 0.1) is 5.69 Å². The fraction of sp³-hybridized carbons (Fsp3) is 0.333. The molecule has 94 valence electrons. The van der Waals surface area contributed by atoms with Crippen molar-refractivity contribution in [3.05, 3.63) is 36.0 Å². The van der Waals surface area contributed by atoms with Crippen LogP contribution in [0, 0.1) is 0 Å². The van der Waals surface area contributed by atoms with Crippen molar-refractivity contribution in [1.82, 2.24) is 24.3 Å². The van der Waals surface area contributed by atoms with E-state index in [1.807, 2.05) is 10.8 Å². The van der Waals surface area contributed by atoms with Gasteiger partial charge in [0, 0.05) is 30.5 Å². The van der Waals surface area contributed by atoms with Crippen LogP contribution in [0.3, 0.4) is 0 Å². The van der Waals surface area contributed by atoms with E-state index in [1.165, 1.54) is 5.69 Å². The third kappa shape index (κ3) is 1.93. The molecule has 1 N–H and O–H groups in total. The van der Waals surface area contributed by atoms with Crippen molar-refractivity contribution in [2.75, 3.05) is 6.54 Å². The number of nitrogens with zero attached hydrogens (tertiary/aromatic N) is 4. The predicted molar refractivity (Wildman–Crippen MR) is 72.2 cm³/mol. The first-order valence-corrected chi connectivity index (χ1v) is 6.91. The van der Waals surface area contributed by atoms with Crippen molar-refractivity contribution < 1.29 is 0 Å². The van der Waals surface area contributed by atoms with Crippen LogP contribution in [0.2, 0.25) is 0 Å².